The highest BCUT2D eigenvalue weighted by molar-refractivity contribution is 5.78. The largest absolute Gasteiger partial charge is 0.396 e. The van der Waals surface area contributed by atoms with E-state index in [1.807, 2.05) is 25.1 Å². The lowest BCUT2D eigenvalue weighted by Crippen LogP contribution is -2.35. The summed E-state index contributed by atoms with van der Waals surface area (Å²) in [6.07, 6.45) is 0.988. The summed E-state index contributed by atoms with van der Waals surface area (Å²) in [6, 6.07) is 8.15. The number of hydrogen-bond acceptors (Lipinski definition) is 3. The summed E-state index contributed by atoms with van der Waals surface area (Å²) in [6.45, 7) is 5.02. The first kappa shape index (κ1) is 14.0. The van der Waals surface area contributed by atoms with Crippen molar-refractivity contribution < 1.29 is 9.90 Å². The van der Waals surface area contributed by atoms with E-state index in [9.17, 15) is 4.79 Å². The second kappa shape index (κ2) is 6.68. The van der Waals surface area contributed by atoms with Crippen molar-refractivity contribution in [1.82, 2.24) is 10.2 Å². The third kappa shape index (κ3) is 4.33. The van der Waals surface area contributed by atoms with Crippen LogP contribution in [0.4, 0.5) is 0 Å². The van der Waals surface area contributed by atoms with E-state index in [4.69, 9.17) is 5.11 Å². The number of aryl methyl sites for hydroxylation is 1. The smallest absolute Gasteiger partial charge is 0.234 e. The van der Waals surface area contributed by atoms with Gasteiger partial charge in [-0.05, 0) is 31.4 Å². The molecule has 1 aliphatic rings. The predicted octanol–water partition coefficient (Wildman–Crippen LogP) is 0.925. The first-order chi connectivity index (χ1) is 9.17. The molecule has 1 saturated heterocycles. The average molecular weight is 262 g/mol. The molecule has 0 aromatic heterocycles. The molecule has 1 aliphatic heterocycles. The molecule has 1 unspecified atom stereocenters. The molecular formula is C15H22N2O2. The molecule has 4 nitrogen and oxygen atoms in total. The van der Waals surface area contributed by atoms with Gasteiger partial charge in [-0.3, -0.25) is 9.69 Å². The highest BCUT2D eigenvalue weighted by atomic mass is 16.3. The number of nitrogens with zero attached hydrogens (tertiary/aromatic N) is 1. The molecule has 2 N–H and O–H groups in total. The van der Waals surface area contributed by atoms with Gasteiger partial charge in [0, 0.05) is 19.7 Å². The SMILES string of the molecule is Cc1cccc(CNC(=O)CN2CCC(CO)C2)c1. The Balaban J connectivity index is 1.73. The Bertz CT molecular complexity index is 434. The van der Waals surface area contributed by atoms with Gasteiger partial charge in [-0.15, -0.1) is 0 Å². The first-order valence-corrected chi connectivity index (χ1v) is 6.83. The van der Waals surface area contributed by atoms with Crippen molar-refractivity contribution in [3.63, 3.8) is 0 Å². The maximum Gasteiger partial charge on any atom is 0.234 e. The van der Waals surface area contributed by atoms with E-state index in [2.05, 4.69) is 16.3 Å². The van der Waals surface area contributed by atoms with E-state index < -0.39 is 0 Å². The number of hydrogen-bond donors (Lipinski definition) is 2. The molecule has 0 aliphatic carbocycles. The normalized spacial score (nSPS) is 19.6. The Hall–Kier alpha value is -1.39. The number of carbonyl (C=O) groups is 1. The molecule has 1 aromatic rings. The van der Waals surface area contributed by atoms with Crippen LogP contribution in [0.3, 0.4) is 0 Å². The van der Waals surface area contributed by atoms with Gasteiger partial charge in [0.25, 0.3) is 0 Å². The van der Waals surface area contributed by atoms with E-state index in [0.717, 1.165) is 25.1 Å². The second-order valence-electron chi connectivity index (χ2n) is 5.34. The molecule has 0 radical (unpaired) electrons. The zero-order chi connectivity index (χ0) is 13.7. The first-order valence-electron chi connectivity index (χ1n) is 6.83. The van der Waals surface area contributed by atoms with Crippen molar-refractivity contribution in [2.75, 3.05) is 26.2 Å². The van der Waals surface area contributed by atoms with Crippen molar-refractivity contribution in [2.24, 2.45) is 5.92 Å². The standard InChI is InChI=1S/C15H22N2O2/c1-12-3-2-4-13(7-12)8-16-15(19)10-17-6-5-14(9-17)11-18/h2-4,7,14,18H,5-6,8-11H2,1H3,(H,16,19). The Labute approximate surface area is 114 Å². The minimum absolute atomic E-state index is 0.0556. The predicted molar refractivity (Wildman–Crippen MR) is 74.7 cm³/mol. The van der Waals surface area contributed by atoms with E-state index in [1.54, 1.807) is 0 Å². The van der Waals surface area contributed by atoms with Crippen LogP contribution < -0.4 is 5.32 Å². The zero-order valence-electron chi connectivity index (χ0n) is 11.4. The van der Waals surface area contributed by atoms with E-state index in [0.29, 0.717) is 19.0 Å². The quantitative estimate of drug-likeness (QED) is 0.830. The van der Waals surface area contributed by atoms with Crippen LogP contribution >= 0.6 is 0 Å². The van der Waals surface area contributed by atoms with Gasteiger partial charge >= 0.3 is 0 Å². The lowest BCUT2D eigenvalue weighted by Gasteiger charge is -2.15. The lowest BCUT2D eigenvalue weighted by molar-refractivity contribution is -0.122. The van der Waals surface area contributed by atoms with Crippen molar-refractivity contribution >= 4 is 5.91 Å². The minimum Gasteiger partial charge on any atom is -0.396 e. The fourth-order valence-corrected chi connectivity index (χ4v) is 2.49. The average Bonchev–Trinajstić information content (AvgIpc) is 2.84. The summed E-state index contributed by atoms with van der Waals surface area (Å²) in [4.78, 5) is 13.9. The van der Waals surface area contributed by atoms with Crippen LogP contribution in [-0.4, -0.2) is 42.2 Å². The molecule has 1 fully saturated rings. The summed E-state index contributed by atoms with van der Waals surface area (Å²) < 4.78 is 0. The second-order valence-corrected chi connectivity index (χ2v) is 5.34. The Morgan fingerprint density at radius 3 is 3.05 bits per heavy atom. The highest BCUT2D eigenvalue weighted by Crippen LogP contribution is 2.14. The molecule has 104 valence electrons. The van der Waals surface area contributed by atoms with Crippen LogP contribution in [0.25, 0.3) is 0 Å². The van der Waals surface area contributed by atoms with Crippen LogP contribution in [-0.2, 0) is 11.3 Å². The van der Waals surface area contributed by atoms with E-state index in [1.165, 1.54) is 5.56 Å². The summed E-state index contributed by atoms with van der Waals surface area (Å²) in [5.74, 6) is 0.393. The number of benzene rings is 1. The maximum absolute atomic E-state index is 11.8. The number of aliphatic hydroxyl groups is 1. The van der Waals surface area contributed by atoms with Gasteiger partial charge in [-0.1, -0.05) is 29.8 Å². The van der Waals surface area contributed by atoms with Crippen molar-refractivity contribution in [2.45, 2.75) is 19.9 Å². The Morgan fingerprint density at radius 2 is 2.37 bits per heavy atom. The molecule has 1 aromatic carbocycles. The molecule has 1 amide bonds. The third-order valence-electron chi connectivity index (χ3n) is 3.57. The third-order valence-corrected chi connectivity index (χ3v) is 3.57. The molecule has 0 spiro atoms. The number of rotatable bonds is 5. The number of amides is 1. The van der Waals surface area contributed by atoms with Crippen molar-refractivity contribution in [3.8, 4) is 0 Å². The molecule has 0 bridgehead atoms. The number of carbonyl (C=O) groups excluding carboxylic acids is 1. The fraction of sp³-hybridized carbons (Fsp3) is 0.533. The van der Waals surface area contributed by atoms with Gasteiger partial charge < -0.3 is 10.4 Å². The van der Waals surface area contributed by atoms with Crippen LogP contribution in [0, 0.1) is 12.8 Å². The molecular weight excluding hydrogens is 240 g/mol. The Kier molecular flexibility index (Phi) is 4.93. The van der Waals surface area contributed by atoms with Gasteiger partial charge in [0.05, 0.1) is 6.54 Å². The maximum atomic E-state index is 11.8. The van der Waals surface area contributed by atoms with Crippen LogP contribution in [0.1, 0.15) is 17.5 Å². The minimum atomic E-state index is 0.0556. The Morgan fingerprint density at radius 1 is 1.53 bits per heavy atom. The fourth-order valence-electron chi connectivity index (χ4n) is 2.49. The van der Waals surface area contributed by atoms with Crippen LogP contribution in [0.15, 0.2) is 24.3 Å². The number of likely N-dealkylation sites (tertiary alicyclic amines) is 1. The van der Waals surface area contributed by atoms with E-state index >= 15 is 0 Å². The van der Waals surface area contributed by atoms with Gasteiger partial charge in [0.1, 0.15) is 0 Å². The van der Waals surface area contributed by atoms with Gasteiger partial charge in [-0.25, -0.2) is 0 Å². The van der Waals surface area contributed by atoms with Crippen LogP contribution in [0.2, 0.25) is 0 Å². The molecule has 1 atom stereocenters. The number of nitrogens with one attached hydrogen (secondary N) is 1. The van der Waals surface area contributed by atoms with Crippen LogP contribution in [0.5, 0.6) is 0 Å². The molecule has 2 rings (SSSR count). The highest BCUT2D eigenvalue weighted by Gasteiger charge is 2.22. The van der Waals surface area contributed by atoms with E-state index in [-0.39, 0.29) is 12.5 Å². The topological polar surface area (TPSA) is 52.6 Å². The number of aliphatic hydroxyl groups excluding tert-OH is 1. The molecule has 1 heterocycles. The summed E-state index contributed by atoms with van der Waals surface area (Å²) in [5, 5.41) is 12.0. The summed E-state index contributed by atoms with van der Waals surface area (Å²) in [5.41, 5.74) is 2.33. The molecule has 19 heavy (non-hydrogen) atoms. The zero-order valence-corrected chi connectivity index (χ0v) is 11.4. The summed E-state index contributed by atoms with van der Waals surface area (Å²) >= 11 is 0. The van der Waals surface area contributed by atoms with Gasteiger partial charge in [0.15, 0.2) is 0 Å². The van der Waals surface area contributed by atoms with Crippen molar-refractivity contribution in [3.05, 3.63) is 35.4 Å². The summed E-state index contributed by atoms with van der Waals surface area (Å²) in [7, 11) is 0. The van der Waals surface area contributed by atoms with Crippen molar-refractivity contribution in [1.29, 1.82) is 0 Å². The lowest BCUT2D eigenvalue weighted by atomic mass is 10.1. The molecule has 0 saturated carbocycles. The molecule has 4 heteroatoms. The monoisotopic (exact) mass is 262 g/mol. The van der Waals surface area contributed by atoms with Gasteiger partial charge in [0.2, 0.25) is 5.91 Å². The van der Waals surface area contributed by atoms with Gasteiger partial charge in [-0.2, -0.15) is 0 Å².